The molecule has 0 fully saturated rings. The SMILES string of the molecule is CCOc1cc(C(=O)Nc2sc3c(c2C#N)CCN(Cc2ccccc2)C3)cc(OCC)c1OCC. The minimum Gasteiger partial charge on any atom is -0.490 e. The zero-order chi connectivity index (χ0) is 25.5. The van der Waals surface area contributed by atoms with Crippen molar-refractivity contribution >= 4 is 22.2 Å². The van der Waals surface area contributed by atoms with Gasteiger partial charge < -0.3 is 19.5 Å². The molecule has 3 aromatic rings. The second-order valence-corrected chi connectivity index (χ2v) is 9.43. The van der Waals surface area contributed by atoms with Gasteiger partial charge in [0.15, 0.2) is 11.5 Å². The van der Waals surface area contributed by atoms with Crippen LogP contribution >= 0.6 is 11.3 Å². The highest BCUT2D eigenvalue weighted by Crippen LogP contribution is 2.40. The van der Waals surface area contributed by atoms with E-state index in [2.05, 4.69) is 28.4 Å². The second kappa shape index (κ2) is 11.9. The van der Waals surface area contributed by atoms with Gasteiger partial charge in [0.1, 0.15) is 11.1 Å². The van der Waals surface area contributed by atoms with Crippen LogP contribution in [0.15, 0.2) is 42.5 Å². The first-order valence-electron chi connectivity index (χ1n) is 12.3. The van der Waals surface area contributed by atoms with Crippen molar-refractivity contribution in [3.05, 3.63) is 69.6 Å². The predicted molar refractivity (Wildman–Crippen MR) is 141 cm³/mol. The van der Waals surface area contributed by atoms with E-state index in [-0.39, 0.29) is 5.91 Å². The molecule has 36 heavy (non-hydrogen) atoms. The summed E-state index contributed by atoms with van der Waals surface area (Å²) >= 11 is 1.48. The first kappa shape index (κ1) is 25.5. The Hall–Kier alpha value is -3.54. The number of anilines is 1. The van der Waals surface area contributed by atoms with E-state index in [4.69, 9.17) is 14.2 Å². The molecule has 1 aliphatic heterocycles. The summed E-state index contributed by atoms with van der Waals surface area (Å²) in [6.45, 7) is 9.40. The molecule has 0 saturated carbocycles. The van der Waals surface area contributed by atoms with Crippen molar-refractivity contribution in [2.75, 3.05) is 31.7 Å². The van der Waals surface area contributed by atoms with Crippen molar-refractivity contribution in [1.29, 1.82) is 5.26 Å². The Kier molecular flexibility index (Phi) is 8.47. The number of hydrogen-bond donors (Lipinski definition) is 1. The first-order chi connectivity index (χ1) is 17.6. The zero-order valence-corrected chi connectivity index (χ0v) is 21.7. The Morgan fingerprint density at radius 3 is 2.33 bits per heavy atom. The van der Waals surface area contributed by atoms with Gasteiger partial charge in [-0.15, -0.1) is 11.3 Å². The van der Waals surface area contributed by atoms with Gasteiger partial charge in [0.05, 0.1) is 25.4 Å². The lowest BCUT2D eigenvalue weighted by atomic mass is 10.0. The molecule has 0 bridgehead atoms. The van der Waals surface area contributed by atoms with Gasteiger partial charge in [-0.05, 0) is 50.5 Å². The summed E-state index contributed by atoms with van der Waals surface area (Å²) in [5.74, 6) is 1.08. The monoisotopic (exact) mass is 505 g/mol. The molecule has 7 nitrogen and oxygen atoms in total. The number of rotatable bonds is 10. The highest BCUT2D eigenvalue weighted by atomic mass is 32.1. The van der Waals surface area contributed by atoms with Gasteiger partial charge >= 0.3 is 0 Å². The quantitative estimate of drug-likeness (QED) is 0.385. The summed E-state index contributed by atoms with van der Waals surface area (Å²) in [7, 11) is 0. The molecule has 0 aliphatic carbocycles. The van der Waals surface area contributed by atoms with Crippen LogP contribution in [0.4, 0.5) is 5.00 Å². The number of amides is 1. The lowest BCUT2D eigenvalue weighted by Gasteiger charge is -2.26. The number of nitriles is 1. The molecule has 4 rings (SSSR count). The van der Waals surface area contributed by atoms with Crippen LogP contribution in [0.2, 0.25) is 0 Å². The number of hydrogen-bond acceptors (Lipinski definition) is 7. The van der Waals surface area contributed by atoms with Crippen LogP contribution < -0.4 is 19.5 Å². The fraction of sp³-hybridized carbons (Fsp3) is 0.357. The molecule has 0 atom stereocenters. The molecule has 188 valence electrons. The number of carbonyl (C=O) groups excluding carboxylic acids is 1. The van der Waals surface area contributed by atoms with Crippen molar-refractivity contribution in [3.8, 4) is 23.3 Å². The Labute approximate surface area is 216 Å². The molecule has 2 aromatic carbocycles. The number of carbonyl (C=O) groups is 1. The second-order valence-electron chi connectivity index (χ2n) is 8.32. The summed E-state index contributed by atoms with van der Waals surface area (Å²) in [4.78, 5) is 16.8. The summed E-state index contributed by atoms with van der Waals surface area (Å²) in [6.07, 6.45) is 0.781. The molecule has 1 N–H and O–H groups in total. The lowest BCUT2D eigenvalue weighted by molar-refractivity contribution is 0.102. The van der Waals surface area contributed by atoms with Gasteiger partial charge in [-0.25, -0.2) is 0 Å². The molecule has 1 aliphatic rings. The average molecular weight is 506 g/mol. The third-order valence-electron chi connectivity index (χ3n) is 5.90. The Morgan fingerprint density at radius 2 is 1.72 bits per heavy atom. The van der Waals surface area contributed by atoms with Crippen molar-refractivity contribution in [2.45, 2.75) is 40.3 Å². The van der Waals surface area contributed by atoms with Crippen LogP contribution in [-0.4, -0.2) is 37.2 Å². The van der Waals surface area contributed by atoms with E-state index in [9.17, 15) is 10.1 Å². The van der Waals surface area contributed by atoms with Gasteiger partial charge in [0.25, 0.3) is 5.91 Å². The third kappa shape index (κ3) is 5.64. The van der Waals surface area contributed by atoms with E-state index in [1.807, 2.05) is 39.0 Å². The van der Waals surface area contributed by atoms with Crippen molar-refractivity contribution in [1.82, 2.24) is 4.90 Å². The fourth-order valence-electron chi connectivity index (χ4n) is 4.33. The highest BCUT2D eigenvalue weighted by Gasteiger charge is 2.26. The van der Waals surface area contributed by atoms with Crippen LogP contribution in [0, 0.1) is 11.3 Å². The van der Waals surface area contributed by atoms with Gasteiger partial charge in [-0.2, -0.15) is 5.26 Å². The van der Waals surface area contributed by atoms with Crippen molar-refractivity contribution in [2.24, 2.45) is 0 Å². The van der Waals surface area contributed by atoms with E-state index in [0.717, 1.165) is 36.5 Å². The first-order valence-corrected chi connectivity index (χ1v) is 13.1. The van der Waals surface area contributed by atoms with Gasteiger partial charge in [0.2, 0.25) is 5.75 Å². The maximum atomic E-state index is 13.3. The van der Waals surface area contributed by atoms with Crippen molar-refractivity contribution < 1.29 is 19.0 Å². The largest absolute Gasteiger partial charge is 0.490 e. The standard InChI is InChI=1S/C28H31N3O4S/c1-4-33-23-14-20(15-24(34-5-2)26(23)35-6-3)27(32)30-28-22(16-29)21-12-13-31(18-25(21)36-28)17-19-10-8-7-9-11-19/h7-11,14-15H,4-6,12-13,17-18H2,1-3H3,(H,30,32). The van der Waals surface area contributed by atoms with Gasteiger partial charge in [-0.3, -0.25) is 9.69 Å². The number of nitrogens with one attached hydrogen (secondary N) is 1. The Morgan fingerprint density at radius 1 is 1.06 bits per heavy atom. The van der Waals surface area contributed by atoms with E-state index in [1.165, 1.54) is 16.9 Å². The smallest absolute Gasteiger partial charge is 0.256 e. The molecule has 1 amide bonds. The average Bonchev–Trinajstić information content (AvgIpc) is 3.22. The van der Waals surface area contributed by atoms with Crippen LogP contribution in [0.5, 0.6) is 17.2 Å². The van der Waals surface area contributed by atoms with Crippen molar-refractivity contribution in [3.63, 3.8) is 0 Å². The van der Waals surface area contributed by atoms with Crippen LogP contribution in [0.3, 0.4) is 0 Å². The lowest BCUT2D eigenvalue weighted by Crippen LogP contribution is -2.29. The van der Waals surface area contributed by atoms with E-state index in [0.29, 0.717) is 53.2 Å². The maximum Gasteiger partial charge on any atom is 0.256 e. The van der Waals surface area contributed by atoms with Crippen LogP contribution in [0.25, 0.3) is 0 Å². The molecule has 0 unspecified atom stereocenters. The molecule has 1 aromatic heterocycles. The molecule has 0 saturated heterocycles. The van der Waals surface area contributed by atoms with Gasteiger partial charge in [0, 0.05) is 30.1 Å². The van der Waals surface area contributed by atoms with Crippen LogP contribution in [0.1, 0.15) is 52.7 Å². The minimum atomic E-state index is -0.323. The normalized spacial score (nSPS) is 12.9. The number of benzene rings is 2. The molecule has 0 spiro atoms. The Bertz CT molecular complexity index is 1220. The number of fused-ring (bicyclic) bond motifs is 1. The summed E-state index contributed by atoms with van der Waals surface area (Å²) in [5.41, 5.74) is 3.24. The Balaban J connectivity index is 1.57. The van der Waals surface area contributed by atoms with Crippen LogP contribution in [-0.2, 0) is 19.5 Å². The molecule has 0 radical (unpaired) electrons. The number of nitrogens with zero attached hydrogens (tertiary/aromatic N) is 2. The summed E-state index contributed by atoms with van der Waals surface area (Å²) < 4.78 is 17.2. The fourth-order valence-corrected chi connectivity index (χ4v) is 5.57. The molecule has 8 heteroatoms. The molecular formula is C28H31N3O4S. The third-order valence-corrected chi connectivity index (χ3v) is 7.03. The molecule has 2 heterocycles. The highest BCUT2D eigenvalue weighted by molar-refractivity contribution is 7.16. The summed E-state index contributed by atoms with van der Waals surface area (Å²) in [5, 5.41) is 13.5. The van der Waals surface area contributed by atoms with E-state index < -0.39 is 0 Å². The maximum absolute atomic E-state index is 13.3. The molecular weight excluding hydrogens is 474 g/mol. The topological polar surface area (TPSA) is 83.8 Å². The van der Waals surface area contributed by atoms with E-state index >= 15 is 0 Å². The van der Waals surface area contributed by atoms with E-state index in [1.54, 1.807) is 12.1 Å². The zero-order valence-electron chi connectivity index (χ0n) is 20.9. The summed E-state index contributed by atoms with van der Waals surface area (Å²) in [6, 6.07) is 16.0. The minimum absolute atomic E-state index is 0.323. The predicted octanol–water partition coefficient (Wildman–Crippen LogP) is 5.63. The number of ether oxygens (including phenoxy) is 3. The number of thiophene rings is 1. The van der Waals surface area contributed by atoms with Gasteiger partial charge in [-0.1, -0.05) is 30.3 Å².